The van der Waals surface area contributed by atoms with Crippen molar-refractivity contribution in [2.45, 2.75) is 25.7 Å². The average molecular weight is 288 g/mol. The Balaban J connectivity index is 0. The molecule has 0 saturated carbocycles. The van der Waals surface area contributed by atoms with E-state index in [-0.39, 0.29) is 19.5 Å². The van der Waals surface area contributed by atoms with E-state index in [4.69, 9.17) is 4.79 Å². The van der Waals surface area contributed by atoms with Gasteiger partial charge in [0.25, 0.3) is 0 Å². The second kappa shape index (κ2) is 15.7. The second-order valence-corrected chi connectivity index (χ2v) is 2.68. The Kier molecular flexibility index (Phi) is 17.5. The van der Waals surface area contributed by atoms with E-state index in [0.29, 0.717) is 0 Å². The first-order valence-electron chi connectivity index (χ1n) is 4.67. The normalized spacial score (nSPS) is 15.2. The van der Waals surface area contributed by atoms with Crippen molar-refractivity contribution in [3.8, 4) is 0 Å². The van der Waals surface area contributed by atoms with Gasteiger partial charge in [0.1, 0.15) is 0 Å². The van der Waals surface area contributed by atoms with Crippen LogP contribution in [0.1, 0.15) is 25.7 Å². The Morgan fingerprint density at radius 1 is 0.867 bits per heavy atom. The molecule has 81 valence electrons. The standard InChI is InChI=1S/2C6H7.CHO.Ru/c2*1-2-4-6-5-3-1;1-2;/h2*1-3H,4,6H2;1H;/q3*-1;+3. The summed E-state index contributed by atoms with van der Waals surface area (Å²) >= 11 is 0. The van der Waals surface area contributed by atoms with Crippen LogP contribution in [0.25, 0.3) is 0 Å². The molecule has 0 spiro atoms. The first-order chi connectivity index (χ1) is 7.00. The van der Waals surface area contributed by atoms with Crippen LogP contribution >= 0.6 is 0 Å². The summed E-state index contributed by atoms with van der Waals surface area (Å²) in [5.74, 6) is 0. The van der Waals surface area contributed by atoms with Crippen LogP contribution in [0.2, 0.25) is 0 Å². The van der Waals surface area contributed by atoms with E-state index in [9.17, 15) is 0 Å². The first kappa shape index (κ1) is 16.7. The molecule has 0 unspecified atom stereocenters. The molecule has 2 aliphatic carbocycles. The molecule has 0 saturated heterocycles. The Morgan fingerprint density at radius 3 is 1.33 bits per heavy atom. The molecule has 2 rings (SSSR count). The van der Waals surface area contributed by atoms with Crippen LogP contribution in [0, 0.1) is 12.2 Å². The quantitative estimate of drug-likeness (QED) is 0.380. The zero-order chi connectivity index (χ0) is 10.5. The zero-order valence-corrected chi connectivity index (χ0v) is 10.4. The van der Waals surface area contributed by atoms with Crippen LogP contribution in [-0.2, 0) is 24.3 Å². The van der Waals surface area contributed by atoms with Crippen molar-refractivity contribution in [2.24, 2.45) is 0 Å². The van der Waals surface area contributed by atoms with Gasteiger partial charge in [-0.15, -0.1) is 12.8 Å². The summed E-state index contributed by atoms with van der Waals surface area (Å²) in [6.07, 6.45) is 23.0. The summed E-state index contributed by atoms with van der Waals surface area (Å²) in [5, 5.41) is 0. The summed E-state index contributed by atoms with van der Waals surface area (Å²) in [5.41, 5.74) is 0. The SMILES string of the molecule is [C-]1=CC=CCC1.[C-]1=CC=CCC1.[CH-]=O.[Ru+3]. The fourth-order valence-electron chi connectivity index (χ4n) is 0.965. The Morgan fingerprint density at radius 2 is 1.27 bits per heavy atom. The predicted octanol–water partition coefficient (Wildman–Crippen LogP) is 3.11. The van der Waals surface area contributed by atoms with Gasteiger partial charge in [-0.05, 0) is 0 Å². The van der Waals surface area contributed by atoms with Gasteiger partial charge in [0.15, 0.2) is 0 Å². The van der Waals surface area contributed by atoms with Gasteiger partial charge in [-0.1, -0.05) is 12.8 Å². The van der Waals surface area contributed by atoms with Crippen LogP contribution in [0.5, 0.6) is 0 Å². The van der Waals surface area contributed by atoms with Crippen molar-refractivity contribution in [1.29, 1.82) is 0 Å². The van der Waals surface area contributed by atoms with Gasteiger partial charge >= 0.3 is 19.5 Å². The van der Waals surface area contributed by atoms with Crippen molar-refractivity contribution in [3.05, 3.63) is 48.6 Å². The molecule has 0 aromatic heterocycles. The van der Waals surface area contributed by atoms with Gasteiger partial charge in [0, 0.05) is 0 Å². The molecule has 1 radical (unpaired) electrons. The molecule has 0 aliphatic heterocycles. The Labute approximate surface area is 105 Å². The van der Waals surface area contributed by atoms with Crippen molar-refractivity contribution in [3.63, 3.8) is 0 Å². The number of hydrogen-bond donors (Lipinski definition) is 0. The third-order valence-electron chi connectivity index (χ3n) is 1.61. The van der Waals surface area contributed by atoms with Gasteiger partial charge in [-0.25, -0.2) is 24.3 Å². The molecule has 15 heavy (non-hydrogen) atoms. The Bertz CT molecular complexity index is 179. The largest absolute Gasteiger partial charge is 3.00 e. The smallest absolute Gasteiger partial charge is 0.545 e. The van der Waals surface area contributed by atoms with Crippen LogP contribution in [-0.4, -0.2) is 6.79 Å². The van der Waals surface area contributed by atoms with E-state index in [2.05, 4.69) is 31.1 Å². The molecule has 1 nitrogen and oxygen atoms in total. The van der Waals surface area contributed by atoms with Crippen LogP contribution in [0.15, 0.2) is 36.5 Å². The van der Waals surface area contributed by atoms with Gasteiger partial charge in [-0.3, -0.25) is 18.9 Å². The predicted molar refractivity (Wildman–Crippen MR) is 59.1 cm³/mol. The molecule has 0 atom stereocenters. The molecule has 0 aromatic rings. The zero-order valence-electron chi connectivity index (χ0n) is 8.63. The fraction of sp³-hybridized carbons (Fsp3) is 0.308. The van der Waals surface area contributed by atoms with Crippen molar-refractivity contribution >= 4 is 6.79 Å². The van der Waals surface area contributed by atoms with Gasteiger partial charge < -0.3 is 4.79 Å². The minimum atomic E-state index is 0. The number of rotatable bonds is 0. The van der Waals surface area contributed by atoms with Crippen LogP contribution in [0.3, 0.4) is 0 Å². The monoisotopic (exact) mass is 289 g/mol. The number of hydrogen-bond acceptors (Lipinski definition) is 1. The van der Waals surface area contributed by atoms with Crippen molar-refractivity contribution < 1.29 is 24.3 Å². The third kappa shape index (κ3) is 13.3. The summed E-state index contributed by atoms with van der Waals surface area (Å²) in [7, 11) is 0. The third-order valence-corrected chi connectivity index (χ3v) is 1.61. The molecule has 0 aromatic carbocycles. The first-order valence-corrected chi connectivity index (χ1v) is 4.67. The molecular formula is C13H15ORu. The van der Waals surface area contributed by atoms with E-state index in [1.165, 1.54) is 12.8 Å². The van der Waals surface area contributed by atoms with Crippen molar-refractivity contribution in [1.82, 2.24) is 0 Å². The minimum Gasteiger partial charge on any atom is -0.545 e. The van der Waals surface area contributed by atoms with E-state index in [0.717, 1.165) is 12.8 Å². The summed E-state index contributed by atoms with van der Waals surface area (Å²) in [4.78, 5) is 7.75. The maximum atomic E-state index is 7.75. The molecule has 0 heterocycles. The molecule has 0 N–H and O–H groups in total. The maximum Gasteiger partial charge on any atom is 3.00 e. The molecule has 0 amide bonds. The minimum absolute atomic E-state index is 0. The van der Waals surface area contributed by atoms with E-state index >= 15 is 0 Å². The molecule has 2 aliphatic rings. The summed E-state index contributed by atoms with van der Waals surface area (Å²) < 4.78 is 0. The van der Waals surface area contributed by atoms with E-state index in [1.54, 1.807) is 0 Å². The van der Waals surface area contributed by atoms with Gasteiger partial charge in [0.2, 0.25) is 0 Å². The summed E-state index contributed by atoms with van der Waals surface area (Å²) in [6, 6.07) is 0. The molecule has 0 bridgehead atoms. The van der Waals surface area contributed by atoms with Gasteiger partial charge in [-0.2, -0.15) is 12.2 Å². The molecule has 0 fully saturated rings. The van der Waals surface area contributed by atoms with E-state index in [1.807, 2.05) is 24.3 Å². The Hall–Kier alpha value is -0.747. The number of allylic oxidation sites excluding steroid dienone is 8. The van der Waals surface area contributed by atoms with Crippen LogP contribution in [0.4, 0.5) is 0 Å². The summed E-state index contributed by atoms with van der Waals surface area (Å²) in [6.45, 7) is 3.25. The van der Waals surface area contributed by atoms with E-state index < -0.39 is 0 Å². The van der Waals surface area contributed by atoms with Crippen LogP contribution < -0.4 is 0 Å². The number of carbonyl (C=O) groups excluding carboxylic acids is 1. The fourth-order valence-corrected chi connectivity index (χ4v) is 0.965. The second-order valence-electron chi connectivity index (χ2n) is 2.68. The topological polar surface area (TPSA) is 17.1 Å². The van der Waals surface area contributed by atoms with Crippen molar-refractivity contribution in [2.75, 3.05) is 0 Å². The molecular weight excluding hydrogens is 273 g/mol. The average Bonchev–Trinajstić information content (AvgIpc) is 2.37. The maximum absolute atomic E-state index is 7.75. The molecule has 2 heteroatoms. The van der Waals surface area contributed by atoms with Gasteiger partial charge in [0.05, 0.1) is 0 Å².